The van der Waals surface area contributed by atoms with Gasteiger partial charge in [-0.1, -0.05) is 0 Å². The highest BCUT2D eigenvalue weighted by atomic mass is 32.2. The van der Waals surface area contributed by atoms with E-state index in [9.17, 15) is 39.6 Å². The second-order valence-corrected chi connectivity index (χ2v) is 8.67. The van der Waals surface area contributed by atoms with Crippen molar-refractivity contribution in [2.24, 2.45) is 5.92 Å². The largest absolute Gasteiger partial charge is 0.573 e. The van der Waals surface area contributed by atoms with Gasteiger partial charge in [-0.25, -0.2) is 13.1 Å². The number of nitrogens with one attached hydrogen (secondary N) is 2. The molecule has 1 aliphatic rings. The number of hydrogen-bond donors (Lipinski definition) is 2. The highest BCUT2D eigenvalue weighted by molar-refractivity contribution is 7.90. The summed E-state index contributed by atoms with van der Waals surface area (Å²) in [4.78, 5) is 13.9. The van der Waals surface area contributed by atoms with Gasteiger partial charge >= 0.3 is 21.9 Å². The van der Waals surface area contributed by atoms with Crippen LogP contribution >= 0.6 is 0 Å². The maximum atomic E-state index is 12.3. The van der Waals surface area contributed by atoms with E-state index < -0.39 is 33.6 Å². The summed E-state index contributed by atoms with van der Waals surface area (Å²) in [5, 5.41) is 2.69. The Balaban J connectivity index is 1.69. The minimum absolute atomic E-state index is 0.111. The Kier molecular flexibility index (Phi) is 8.16. The van der Waals surface area contributed by atoms with Crippen LogP contribution in [0.3, 0.4) is 0 Å². The molecule has 2 N–H and O–H groups in total. The minimum atomic E-state index is -5.35. The van der Waals surface area contributed by atoms with E-state index in [-0.39, 0.29) is 24.6 Å². The van der Waals surface area contributed by atoms with Crippen LogP contribution in [0.1, 0.15) is 23.2 Å². The quantitative estimate of drug-likeness (QED) is 0.562. The van der Waals surface area contributed by atoms with Gasteiger partial charge in [-0.3, -0.25) is 4.79 Å². The van der Waals surface area contributed by atoms with Crippen LogP contribution in [0.25, 0.3) is 0 Å². The molecule has 0 unspecified atom stereocenters. The summed E-state index contributed by atoms with van der Waals surface area (Å²) in [6.45, 7) is 1.14. The lowest BCUT2D eigenvalue weighted by atomic mass is 9.96. The Labute approximate surface area is 174 Å². The topological polar surface area (TPSA) is 87.7 Å². The zero-order chi connectivity index (χ0) is 23.3. The van der Waals surface area contributed by atoms with Crippen LogP contribution in [0.4, 0.5) is 26.3 Å². The first-order chi connectivity index (χ1) is 14.3. The Bertz CT molecular complexity index is 835. The first-order valence-electron chi connectivity index (χ1n) is 9.19. The normalized spacial score (nSPS) is 16.8. The van der Waals surface area contributed by atoms with E-state index in [0.29, 0.717) is 32.5 Å². The molecular formula is C17H21F6N3O4S. The van der Waals surface area contributed by atoms with E-state index in [1.165, 1.54) is 16.9 Å². The molecule has 14 heteroatoms. The molecule has 1 aliphatic heterocycles. The Morgan fingerprint density at radius 1 is 1.06 bits per heavy atom. The number of alkyl halides is 6. The summed E-state index contributed by atoms with van der Waals surface area (Å²) in [5.74, 6) is -0.781. The molecule has 31 heavy (non-hydrogen) atoms. The summed E-state index contributed by atoms with van der Waals surface area (Å²) in [6.07, 6.45) is -3.53. The Morgan fingerprint density at radius 3 is 2.16 bits per heavy atom. The van der Waals surface area contributed by atoms with Gasteiger partial charge in [-0.2, -0.15) is 13.2 Å². The molecule has 7 nitrogen and oxygen atoms in total. The molecule has 1 heterocycles. The van der Waals surface area contributed by atoms with Crippen LogP contribution < -0.4 is 14.8 Å². The van der Waals surface area contributed by atoms with Gasteiger partial charge in [0, 0.05) is 25.2 Å². The molecule has 176 valence electrons. The van der Waals surface area contributed by atoms with Crippen LogP contribution in [0.5, 0.6) is 5.75 Å². The third-order valence-electron chi connectivity index (χ3n) is 4.63. The van der Waals surface area contributed by atoms with Gasteiger partial charge in [-0.05, 0) is 56.1 Å². The van der Waals surface area contributed by atoms with Crippen molar-refractivity contribution in [3.8, 4) is 5.75 Å². The third kappa shape index (κ3) is 8.18. The van der Waals surface area contributed by atoms with Crippen molar-refractivity contribution >= 4 is 15.9 Å². The Morgan fingerprint density at radius 2 is 1.65 bits per heavy atom. The molecule has 1 saturated heterocycles. The molecule has 1 amide bonds. The van der Waals surface area contributed by atoms with Gasteiger partial charge < -0.3 is 15.0 Å². The second-order valence-electron chi connectivity index (χ2n) is 6.91. The first kappa shape index (κ1) is 25.2. The van der Waals surface area contributed by atoms with Gasteiger partial charge in [0.1, 0.15) is 5.75 Å². The Hall–Kier alpha value is -2.06. The number of carbonyl (C=O) groups is 1. The van der Waals surface area contributed by atoms with E-state index >= 15 is 0 Å². The van der Waals surface area contributed by atoms with Crippen LogP contribution in [0, 0.1) is 5.92 Å². The standard InChI is InChI=1S/C17H21F6N3O4S/c18-16(19,20)30-14-3-1-13(2-4-14)15(27)24-11-12-5-8-26(9-6-12)10-7-25-31(28,29)17(21,22)23/h1-4,12,25H,5-11H2,(H,24,27). The zero-order valence-corrected chi connectivity index (χ0v) is 16.9. The monoisotopic (exact) mass is 477 g/mol. The molecule has 0 saturated carbocycles. The van der Waals surface area contributed by atoms with Crippen molar-refractivity contribution in [2.75, 3.05) is 32.7 Å². The number of nitrogens with zero attached hydrogens (tertiary/aromatic N) is 1. The number of rotatable bonds is 8. The lowest BCUT2D eigenvalue weighted by molar-refractivity contribution is -0.274. The fraction of sp³-hybridized carbons (Fsp3) is 0.588. The molecule has 0 atom stereocenters. The molecule has 2 rings (SSSR count). The van der Waals surface area contributed by atoms with Gasteiger partial charge in [-0.15, -0.1) is 13.2 Å². The zero-order valence-electron chi connectivity index (χ0n) is 16.1. The predicted octanol–water partition coefficient (Wildman–Crippen LogP) is 2.47. The van der Waals surface area contributed by atoms with E-state index in [1.54, 1.807) is 0 Å². The number of piperidine rings is 1. The van der Waals surface area contributed by atoms with Crippen LogP contribution in [-0.4, -0.2) is 63.8 Å². The van der Waals surface area contributed by atoms with Gasteiger partial charge in [0.25, 0.3) is 5.91 Å². The molecule has 0 bridgehead atoms. The van der Waals surface area contributed by atoms with Gasteiger partial charge in [0.2, 0.25) is 0 Å². The van der Waals surface area contributed by atoms with E-state index in [4.69, 9.17) is 0 Å². The predicted molar refractivity (Wildman–Crippen MR) is 97.6 cm³/mol. The molecule has 0 aromatic heterocycles. The summed E-state index contributed by atoms with van der Waals surface area (Å²) in [5.41, 5.74) is -5.17. The molecule has 1 aromatic carbocycles. The van der Waals surface area contributed by atoms with Crippen LogP contribution in [-0.2, 0) is 10.0 Å². The fourth-order valence-electron chi connectivity index (χ4n) is 2.98. The van der Waals surface area contributed by atoms with Crippen LogP contribution in [0.2, 0.25) is 0 Å². The highest BCUT2D eigenvalue weighted by Gasteiger charge is 2.45. The van der Waals surface area contributed by atoms with E-state index in [2.05, 4.69) is 10.1 Å². The average Bonchev–Trinajstić information content (AvgIpc) is 2.65. The van der Waals surface area contributed by atoms with Crippen molar-refractivity contribution in [3.63, 3.8) is 0 Å². The van der Waals surface area contributed by atoms with Crippen molar-refractivity contribution in [1.29, 1.82) is 0 Å². The second kappa shape index (κ2) is 10.0. The van der Waals surface area contributed by atoms with Crippen molar-refractivity contribution < 1.29 is 44.3 Å². The number of sulfonamides is 1. The molecule has 0 aliphatic carbocycles. The molecule has 1 fully saturated rings. The number of halogens is 6. The average molecular weight is 477 g/mol. The molecule has 1 aromatic rings. The smallest absolute Gasteiger partial charge is 0.406 e. The number of ether oxygens (including phenoxy) is 1. The highest BCUT2D eigenvalue weighted by Crippen LogP contribution is 2.23. The fourth-order valence-corrected chi connectivity index (χ4v) is 3.50. The summed E-state index contributed by atoms with van der Waals surface area (Å²) < 4.78 is 100. The lowest BCUT2D eigenvalue weighted by Gasteiger charge is -2.32. The SMILES string of the molecule is O=C(NCC1CCN(CCNS(=O)(=O)C(F)(F)F)CC1)c1ccc(OC(F)(F)F)cc1. The lowest BCUT2D eigenvalue weighted by Crippen LogP contribution is -2.44. The molecule has 0 spiro atoms. The first-order valence-corrected chi connectivity index (χ1v) is 10.7. The number of likely N-dealkylation sites (tertiary alicyclic amines) is 1. The summed E-state index contributed by atoms with van der Waals surface area (Å²) in [7, 11) is -5.35. The third-order valence-corrected chi connectivity index (χ3v) is 5.83. The number of amides is 1. The van der Waals surface area contributed by atoms with E-state index in [0.717, 1.165) is 12.1 Å². The van der Waals surface area contributed by atoms with Crippen molar-refractivity contribution in [2.45, 2.75) is 24.7 Å². The number of benzene rings is 1. The number of hydrogen-bond acceptors (Lipinski definition) is 5. The van der Waals surface area contributed by atoms with E-state index in [1.807, 2.05) is 4.90 Å². The maximum Gasteiger partial charge on any atom is 0.573 e. The minimum Gasteiger partial charge on any atom is -0.406 e. The van der Waals surface area contributed by atoms with Gasteiger partial charge in [0.05, 0.1) is 0 Å². The van der Waals surface area contributed by atoms with Crippen LogP contribution in [0.15, 0.2) is 24.3 Å². The molecular weight excluding hydrogens is 456 g/mol. The maximum absolute atomic E-state index is 12.3. The van der Waals surface area contributed by atoms with Gasteiger partial charge in [0.15, 0.2) is 0 Å². The van der Waals surface area contributed by atoms with Crippen molar-refractivity contribution in [3.05, 3.63) is 29.8 Å². The molecule has 0 radical (unpaired) electrons. The van der Waals surface area contributed by atoms with Crippen molar-refractivity contribution in [1.82, 2.24) is 14.9 Å². The summed E-state index contributed by atoms with van der Waals surface area (Å²) in [6, 6.07) is 4.49. The number of carbonyl (C=O) groups excluding carboxylic acids is 1. The summed E-state index contributed by atoms with van der Waals surface area (Å²) >= 11 is 0.